The van der Waals surface area contributed by atoms with Gasteiger partial charge in [-0.05, 0) is 12.8 Å². The summed E-state index contributed by atoms with van der Waals surface area (Å²) >= 11 is 0. The molecule has 0 aromatic rings. The van der Waals surface area contributed by atoms with Crippen LogP contribution in [0.2, 0.25) is 0 Å². The lowest BCUT2D eigenvalue weighted by Gasteiger charge is -2.30. The fourth-order valence-corrected chi connectivity index (χ4v) is 1.97. The van der Waals surface area contributed by atoms with Crippen molar-refractivity contribution in [3.63, 3.8) is 0 Å². The number of amides is 3. The van der Waals surface area contributed by atoms with E-state index in [2.05, 4.69) is 5.32 Å². The molecule has 0 bridgehead atoms. The smallest absolute Gasteiger partial charge is 0.317 e. The van der Waals surface area contributed by atoms with Crippen LogP contribution in [0.15, 0.2) is 0 Å². The van der Waals surface area contributed by atoms with E-state index in [1.54, 1.807) is 14.1 Å². The number of urea groups is 1. The second-order valence-corrected chi connectivity index (χ2v) is 4.89. The average molecular weight is 271 g/mol. The second kappa shape index (κ2) is 6.96. The molecule has 1 heterocycles. The molecular weight excluding hydrogens is 250 g/mol. The van der Waals surface area contributed by atoms with Gasteiger partial charge >= 0.3 is 12.0 Å². The van der Waals surface area contributed by atoms with Crippen LogP contribution in [0.5, 0.6) is 0 Å². The van der Waals surface area contributed by atoms with Crippen LogP contribution in [0.3, 0.4) is 0 Å². The van der Waals surface area contributed by atoms with Crippen molar-refractivity contribution in [2.75, 3.05) is 33.7 Å². The molecule has 0 saturated carbocycles. The van der Waals surface area contributed by atoms with Gasteiger partial charge in [-0.15, -0.1) is 0 Å². The van der Waals surface area contributed by atoms with Gasteiger partial charge < -0.3 is 20.2 Å². The number of carboxylic acids is 1. The Labute approximate surface area is 112 Å². The molecule has 3 amide bonds. The minimum Gasteiger partial charge on any atom is -0.481 e. The maximum Gasteiger partial charge on any atom is 0.317 e. The van der Waals surface area contributed by atoms with Crippen LogP contribution in [0.4, 0.5) is 4.79 Å². The maximum absolute atomic E-state index is 11.8. The molecule has 19 heavy (non-hydrogen) atoms. The molecule has 1 fully saturated rings. The molecule has 1 aliphatic rings. The molecule has 7 heteroatoms. The quantitative estimate of drug-likeness (QED) is 0.751. The van der Waals surface area contributed by atoms with Crippen molar-refractivity contribution in [3.05, 3.63) is 0 Å². The first-order valence-corrected chi connectivity index (χ1v) is 6.37. The van der Waals surface area contributed by atoms with Gasteiger partial charge in [-0.3, -0.25) is 9.59 Å². The number of aliphatic carboxylic acids is 1. The molecule has 1 unspecified atom stereocenters. The molecule has 0 aromatic carbocycles. The standard InChI is InChI=1S/C12H21N3O4/c1-14(2)10(16)5-6-13-12(19)15-7-3-4-9(8-15)11(17)18/h9H,3-8H2,1-2H3,(H,13,19)(H,17,18). The fourth-order valence-electron chi connectivity index (χ4n) is 1.97. The molecular formula is C12H21N3O4. The maximum atomic E-state index is 11.8. The Balaban J connectivity index is 2.33. The van der Waals surface area contributed by atoms with E-state index in [1.165, 1.54) is 9.80 Å². The third-order valence-corrected chi connectivity index (χ3v) is 3.17. The molecule has 108 valence electrons. The van der Waals surface area contributed by atoms with Crippen LogP contribution in [0, 0.1) is 5.92 Å². The number of likely N-dealkylation sites (tertiary alicyclic amines) is 1. The van der Waals surface area contributed by atoms with E-state index in [0.29, 0.717) is 19.4 Å². The molecule has 1 saturated heterocycles. The van der Waals surface area contributed by atoms with Gasteiger partial charge in [0.25, 0.3) is 0 Å². The van der Waals surface area contributed by atoms with Crippen LogP contribution in [-0.4, -0.2) is 66.5 Å². The largest absolute Gasteiger partial charge is 0.481 e. The molecule has 0 aromatic heterocycles. The van der Waals surface area contributed by atoms with E-state index in [0.717, 1.165) is 0 Å². The number of piperidine rings is 1. The van der Waals surface area contributed by atoms with Gasteiger partial charge in [-0.1, -0.05) is 0 Å². The highest BCUT2D eigenvalue weighted by Gasteiger charge is 2.27. The molecule has 0 radical (unpaired) electrons. The third-order valence-electron chi connectivity index (χ3n) is 3.17. The number of nitrogens with one attached hydrogen (secondary N) is 1. The van der Waals surface area contributed by atoms with Crippen molar-refractivity contribution in [2.24, 2.45) is 5.92 Å². The number of rotatable bonds is 4. The monoisotopic (exact) mass is 271 g/mol. The van der Waals surface area contributed by atoms with Crippen LogP contribution >= 0.6 is 0 Å². The molecule has 2 N–H and O–H groups in total. The van der Waals surface area contributed by atoms with Crippen molar-refractivity contribution in [2.45, 2.75) is 19.3 Å². The van der Waals surface area contributed by atoms with Gasteiger partial charge in [0.15, 0.2) is 0 Å². The summed E-state index contributed by atoms with van der Waals surface area (Å²) in [6, 6.07) is -0.294. The lowest BCUT2D eigenvalue weighted by atomic mass is 9.99. The van der Waals surface area contributed by atoms with E-state index in [-0.39, 0.29) is 31.4 Å². The first-order valence-electron chi connectivity index (χ1n) is 6.37. The number of carbonyl (C=O) groups excluding carboxylic acids is 2. The molecule has 0 aliphatic carbocycles. The molecule has 1 atom stereocenters. The van der Waals surface area contributed by atoms with Gasteiger partial charge in [-0.2, -0.15) is 0 Å². The number of carboxylic acid groups (broad SMARTS) is 1. The van der Waals surface area contributed by atoms with Crippen molar-refractivity contribution in [1.29, 1.82) is 0 Å². The number of hydrogen-bond donors (Lipinski definition) is 2. The molecule has 0 spiro atoms. The summed E-state index contributed by atoms with van der Waals surface area (Å²) in [5.74, 6) is -1.40. The van der Waals surface area contributed by atoms with Gasteiger partial charge in [0, 0.05) is 40.2 Å². The minimum absolute atomic E-state index is 0.0534. The van der Waals surface area contributed by atoms with Crippen LogP contribution in [0.25, 0.3) is 0 Å². The first kappa shape index (κ1) is 15.3. The third kappa shape index (κ3) is 4.76. The van der Waals surface area contributed by atoms with Crippen molar-refractivity contribution in [1.82, 2.24) is 15.1 Å². The van der Waals surface area contributed by atoms with Crippen LogP contribution in [0.1, 0.15) is 19.3 Å². The van der Waals surface area contributed by atoms with E-state index < -0.39 is 11.9 Å². The molecule has 7 nitrogen and oxygen atoms in total. The highest BCUT2D eigenvalue weighted by molar-refractivity contribution is 5.78. The summed E-state index contributed by atoms with van der Waals surface area (Å²) in [6.45, 7) is 1.07. The van der Waals surface area contributed by atoms with E-state index in [1.807, 2.05) is 0 Å². The van der Waals surface area contributed by atoms with Gasteiger partial charge in [-0.25, -0.2) is 4.79 Å². The Kier molecular flexibility index (Phi) is 5.59. The van der Waals surface area contributed by atoms with Gasteiger partial charge in [0.1, 0.15) is 0 Å². The van der Waals surface area contributed by atoms with Crippen molar-refractivity contribution >= 4 is 17.9 Å². The van der Waals surface area contributed by atoms with E-state index >= 15 is 0 Å². The number of nitrogens with zero attached hydrogens (tertiary/aromatic N) is 2. The van der Waals surface area contributed by atoms with Crippen LogP contribution < -0.4 is 5.32 Å². The number of hydrogen-bond acceptors (Lipinski definition) is 3. The topological polar surface area (TPSA) is 90.0 Å². The zero-order valence-electron chi connectivity index (χ0n) is 11.4. The Morgan fingerprint density at radius 3 is 2.63 bits per heavy atom. The fraction of sp³-hybridized carbons (Fsp3) is 0.750. The lowest BCUT2D eigenvalue weighted by Crippen LogP contribution is -2.47. The second-order valence-electron chi connectivity index (χ2n) is 4.89. The Morgan fingerprint density at radius 2 is 2.05 bits per heavy atom. The van der Waals surface area contributed by atoms with Crippen molar-refractivity contribution in [3.8, 4) is 0 Å². The number of carbonyl (C=O) groups is 3. The predicted octanol–water partition coefficient (Wildman–Crippen LogP) is -0.0291. The van der Waals surface area contributed by atoms with Crippen LogP contribution in [-0.2, 0) is 9.59 Å². The summed E-state index contributed by atoms with van der Waals surface area (Å²) in [4.78, 5) is 37.0. The Hall–Kier alpha value is -1.79. The Bertz CT molecular complexity index is 357. The first-order chi connectivity index (χ1) is 8.91. The summed E-state index contributed by atoms with van der Waals surface area (Å²) < 4.78 is 0. The van der Waals surface area contributed by atoms with Crippen molar-refractivity contribution < 1.29 is 19.5 Å². The minimum atomic E-state index is -0.861. The molecule has 1 rings (SSSR count). The average Bonchev–Trinajstić information content (AvgIpc) is 2.38. The molecule has 1 aliphatic heterocycles. The van der Waals surface area contributed by atoms with Gasteiger partial charge in [0.05, 0.1) is 5.92 Å². The Morgan fingerprint density at radius 1 is 1.37 bits per heavy atom. The lowest BCUT2D eigenvalue weighted by molar-refractivity contribution is -0.143. The zero-order valence-corrected chi connectivity index (χ0v) is 11.4. The zero-order chi connectivity index (χ0) is 14.4. The normalized spacial score (nSPS) is 18.8. The highest BCUT2D eigenvalue weighted by Crippen LogP contribution is 2.16. The van der Waals surface area contributed by atoms with E-state index in [9.17, 15) is 14.4 Å². The summed E-state index contributed by atoms with van der Waals surface area (Å²) in [7, 11) is 3.32. The predicted molar refractivity (Wildman–Crippen MR) is 68.6 cm³/mol. The summed E-state index contributed by atoms with van der Waals surface area (Å²) in [6.07, 6.45) is 1.55. The van der Waals surface area contributed by atoms with Gasteiger partial charge in [0.2, 0.25) is 5.91 Å². The highest BCUT2D eigenvalue weighted by atomic mass is 16.4. The SMILES string of the molecule is CN(C)C(=O)CCNC(=O)N1CCCC(C(=O)O)C1. The summed E-state index contributed by atoms with van der Waals surface area (Å²) in [5, 5.41) is 11.6. The van der Waals surface area contributed by atoms with E-state index in [4.69, 9.17) is 5.11 Å². The summed E-state index contributed by atoms with van der Waals surface area (Å²) in [5.41, 5.74) is 0.